The molecule has 0 unspecified atom stereocenters. The summed E-state index contributed by atoms with van der Waals surface area (Å²) in [5, 5.41) is 14.2. The Morgan fingerprint density at radius 3 is 2.56 bits per heavy atom. The predicted octanol–water partition coefficient (Wildman–Crippen LogP) is 3.36. The van der Waals surface area contributed by atoms with Crippen molar-refractivity contribution in [2.24, 2.45) is 5.92 Å². The molecule has 1 aromatic heterocycles. The van der Waals surface area contributed by atoms with Crippen LogP contribution in [0.3, 0.4) is 0 Å². The van der Waals surface area contributed by atoms with Crippen LogP contribution in [0.5, 0.6) is 0 Å². The largest absolute Gasteiger partial charge is 0.343 e. The van der Waals surface area contributed by atoms with Gasteiger partial charge in [0.25, 0.3) is 0 Å². The Bertz CT molecular complexity index is 977. The van der Waals surface area contributed by atoms with Crippen LogP contribution in [0.15, 0.2) is 35.7 Å². The fourth-order valence-corrected chi connectivity index (χ4v) is 4.38. The number of aryl methyl sites for hydroxylation is 1. The molecule has 3 amide bonds. The van der Waals surface area contributed by atoms with Crippen LogP contribution in [0, 0.1) is 24.2 Å². The van der Waals surface area contributed by atoms with E-state index in [1.165, 1.54) is 11.3 Å². The van der Waals surface area contributed by atoms with Gasteiger partial charge in [-0.3, -0.25) is 14.4 Å². The SMILES string of the molecule is Cc1csc(NC(=O)C2CCN(C(=O)CCC(=O)N(CCC#N)c3ccccc3)CC2)n1. The van der Waals surface area contributed by atoms with Gasteiger partial charge < -0.3 is 15.1 Å². The summed E-state index contributed by atoms with van der Waals surface area (Å²) in [5.41, 5.74) is 1.60. The highest BCUT2D eigenvalue weighted by Gasteiger charge is 2.28. The minimum Gasteiger partial charge on any atom is -0.343 e. The molecule has 9 heteroatoms. The normalized spacial score (nSPS) is 13.9. The highest BCUT2D eigenvalue weighted by atomic mass is 32.1. The van der Waals surface area contributed by atoms with Gasteiger partial charge in [-0.25, -0.2) is 4.98 Å². The van der Waals surface area contributed by atoms with Crippen molar-refractivity contribution in [3.8, 4) is 6.07 Å². The van der Waals surface area contributed by atoms with Crippen molar-refractivity contribution in [1.29, 1.82) is 5.26 Å². The van der Waals surface area contributed by atoms with Crippen LogP contribution in [0.1, 0.15) is 37.8 Å². The van der Waals surface area contributed by atoms with Crippen molar-refractivity contribution < 1.29 is 14.4 Å². The minimum absolute atomic E-state index is 0.0578. The number of rotatable bonds is 8. The Kier molecular flexibility index (Phi) is 8.34. The van der Waals surface area contributed by atoms with Crippen molar-refractivity contribution in [3.05, 3.63) is 41.4 Å². The first kappa shape index (κ1) is 23.4. The van der Waals surface area contributed by atoms with Gasteiger partial charge in [0.2, 0.25) is 17.7 Å². The first-order valence-corrected chi connectivity index (χ1v) is 11.6. The number of carbonyl (C=O) groups excluding carboxylic acids is 3. The molecule has 32 heavy (non-hydrogen) atoms. The lowest BCUT2D eigenvalue weighted by Gasteiger charge is -2.31. The predicted molar refractivity (Wildman–Crippen MR) is 123 cm³/mol. The number of hydrogen-bond donors (Lipinski definition) is 1. The molecule has 0 aliphatic carbocycles. The summed E-state index contributed by atoms with van der Waals surface area (Å²) in [6.07, 6.45) is 1.61. The number of nitriles is 1. The lowest BCUT2D eigenvalue weighted by molar-refractivity contribution is -0.135. The summed E-state index contributed by atoms with van der Waals surface area (Å²) in [6.45, 7) is 3.17. The smallest absolute Gasteiger partial charge is 0.229 e. The standard InChI is InChI=1S/C23H27N5O3S/c1-17-16-32-23(25-17)26-22(31)18-10-14-27(15-11-18)20(29)8-9-21(30)28(13-5-12-24)19-6-3-2-4-7-19/h2-4,6-7,16,18H,5,8-11,13-15H2,1H3,(H,25,26,31). The van der Waals surface area contributed by atoms with Gasteiger partial charge in [-0.15, -0.1) is 11.3 Å². The number of amides is 3. The molecular weight excluding hydrogens is 426 g/mol. The Labute approximate surface area is 191 Å². The zero-order valence-electron chi connectivity index (χ0n) is 18.1. The molecule has 2 heterocycles. The van der Waals surface area contributed by atoms with Crippen LogP contribution in [0.25, 0.3) is 0 Å². The van der Waals surface area contributed by atoms with E-state index in [4.69, 9.17) is 5.26 Å². The van der Waals surface area contributed by atoms with Crippen molar-refractivity contribution in [2.45, 2.75) is 39.0 Å². The number of nitrogens with one attached hydrogen (secondary N) is 1. The average Bonchev–Trinajstić information content (AvgIpc) is 3.22. The Morgan fingerprint density at radius 2 is 1.94 bits per heavy atom. The second kappa shape index (κ2) is 11.4. The molecule has 0 saturated carbocycles. The molecule has 1 aromatic carbocycles. The number of anilines is 2. The van der Waals surface area contributed by atoms with E-state index in [2.05, 4.69) is 16.4 Å². The summed E-state index contributed by atoms with van der Waals surface area (Å²) in [7, 11) is 0. The maximum Gasteiger partial charge on any atom is 0.229 e. The first-order chi connectivity index (χ1) is 15.5. The van der Waals surface area contributed by atoms with Gasteiger partial charge >= 0.3 is 0 Å². The number of aromatic nitrogens is 1. The van der Waals surface area contributed by atoms with E-state index in [0.29, 0.717) is 37.6 Å². The molecular formula is C23H27N5O3S. The highest BCUT2D eigenvalue weighted by molar-refractivity contribution is 7.13. The number of para-hydroxylation sites is 1. The van der Waals surface area contributed by atoms with Crippen LogP contribution >= 0.6 is 11.3 Å². The van der Waals surface area contributed by atoms with E-state index >= 15 is 0 Å². The third-order valence-electron chi connectivity index (χ3n) is 5.44. The van der Waals surface area contributed by atoms with Crippen molar-refractivity contribution >= 4 is 39.9 Å². The minimum atomic E-state index is -0.173. The first-order valence-electron chi connectivity index (χ1n) is 10.7. The van der Waals surface area contributed by atoms with E-state index in [1.54, 1.807) is 9.80 Å². The molecule has 0 atom stereocenters. The maximum atomic E-state index is 12.7. The fourth-order valence-electron chi connectivity index (χ4n) is 3.68. The molecule has 1 aliphatic heterocycles. The second-order valence-electron chi connectivity index (χ2n) is 7.73. The topological polar surface area (TPSA) is 106 Å². The molecule has 3 rings (SSSR count). The quantitative estimate of drug-likeness (QED) is 0.660. The average molecular weight is 454 g/mol. The van der Waals surface area contributed by atoms with Gasteiger partial charge in [0, 0.05) is 49.5 Å². The molecule has 1 saturated heterocycles. The van der Waals surface area contributed by atoms with Crippen molar-refractivity contribution in [2.75, 3.05) is 29.9 Å². The third-order valence-corrected chi connectivity index (χ3v) is 6.31. The number of hydrogen-bond acceptors (Lipinski definition) is 6. The zero-order valence-corrected chi connectivity index (χ0v) is 18.9. The summed E-state index contributed by atoms with van der Waals surface area (Å²) < 4.78 is 0. The molecule has 0 radical (unpaired) electrons. The molecule has 8 nitrogen and oxygen atoms in total. The van der Waals surface area contributed by atoms with Gasteiger partial charge in [-0.05, 0) is 31.9 Å². The number of benzene rings is 1. The summed E-state index contributed by atoms with van der Waals surface area (Å²) in [5.74, 6) is -0.462. The van der Waals surface area contributed by atoms with Crippen LogP contribution in [-0.2, 0) is 14.4 Å². The van der Waals surface area contributed by atoms with Gasteiger partial charge in [0.15, 0.2) is 5.13 Å². The summed E-state index contributed by atoms with van der Waals surface area (Å²) >= 11 is 1.40. The maximum absolute atomic E-state index is 12.7. The van der Waals surface area contributed by atoms with Gasteiger partial charge in [0.05, 0.1) is 18.2 Å². The Morgan fingerprint density at radius 1 is 1.22 bits per heavy atom. The Balaban J connectivity index is 1.46. The molecule has 0 bridgehead atoms. The monoisotopic (exact) mass is 453 g/mol. The lowest BCUT2D eigenvalue weighted by Crippen LogP contribution is -2.42. The molecule has 2 aromatic rings. The van der Waals surface area contributed by atoms with Gasteiger partial charge in [-0.1, -0.05) is 18.2 Å². The fraction of sp³-hybridized carbons (Fsp3) is 0.435. The van der Waals surface area contributed by atoms with E-state index in [0.717, 1.165) is 11.4 Å². The van der Waals surface area contributed by atoms with E-state index in [1.807, 2.05) is 42.6 Å². The second-order valence-corrected chi connectivity index (χ2v) is 8.59. The number of carbonyl (C=O) groups is 3. The van der Waals surface area contributed by atoms with Crippen LogP contribution in [0.2, 0.25) is 0 Å². The van der Waals surface area contributed by atoms with E-state index < -0.39 is 0 Å². The Hall–Kier alpha value is -3.25. The lowest BCUT2D eigenvalue weighted by atomic mass is 9.95. The summed E-state index contributed by atoms with van der Waals surface area (Å²) in [6, 6.07) is 11.2. The van der Waals surface area contributed by atoms with Crippen molar-refractivity contribution in [1.82, 2.24) is 9.88 Å². The van der Waals surface area contributed by atoms with Gasteiger partial charge in [0.1, 0.15) is 0 Å². The van der Waals surface area contributed by atoms with Crippen LogP contribution in [-0.4, -0.2) is 47.2 Å². The molecule has 1 N–H and O–H groups in total. The number of likely N-dealkylation sites (tertiary alicyclic amines) is 1. The third kappa shape index (κ3) is 6.37. The van der Waals surface area contributed by atoms with E-state index in [-0.39, 0.29) is 42.9 Å². The number of nitrogens with zero attached hydrogens (tertiary/aromatic N) is 4. The molecule has 1 aliphatic rings. The molecule has 1 fully saturated rings. The number of thiazole rings is 1. The van der Waals surface area contributed by atoms with Gasteiger partial charge in [-0.2, -0.15) is 5.26 Å². The highest BCUT2D eigenvalue weighted by Crippen LogP contribution is 2.22. The number of piperidine rings is 1. The van der Waals surface area contributed by atoms with E-state index in [9.17, 15) is 14.4 Å². The molecule has 168 valence electrons. The summed E-state index contributed by atoms with van der Waals surface area (Å²) in [4.78, 5) is 45.4. The van der Waals surface area contributed by atoms with Crippen molar-refractivity contribution in [3.63, 3.8) is 0 Å². The zero-order chi connectivity index (χ0) is 22.9. The van der Waals surface area contributed by atoms with Crippen LogP contribution in [0.4, 0.5) is 10.8 Å². The molecule has 0 spiro atoms. The van der Waals surface area contributed by atoms with Crippen LogP contribution < -0.4 is 10.2 Å².